The van der Waals surface area contributed by atoms with Crippen LogP contribution in [0.2, 0.25) is 0 Å². The summed E-state index contributed by atoms with van der Waals surface area (Å²) in [6, 6.07) is 4.70. The molecular formula is C20H22F5N3. The van der Waals surface area contributed by atoms with Crippen molar-refractivity contribution in [2.24, 2.45) is 7.05 Å². The minimum atomic E-state index is -4.61. The number of hydrogen-bond donors (Lipinski definition) is 1. The second-order valence-electron chi connectivity index (χ2n) is 5.42. The van der Waals surface area contributed by atoms with Crippen molar-refractivity contribution in [2.45, 2.75) is 20.0 Å². The maximum atomic E-state index is 14.4. The lowest BCUT2D eigenvalue weighted by Gasteiger charge is -2.10. The van der Waals surface area contributed by atoms with Crippen LogP contribution in [0.1, 0.15) is 19.5 Å². The lowest BCUT2D eigenvalue weighted by Crippen LogP contribution is -2.06. The van der Waals surface area contributed by atoms with E-state index in [4.69, 9.17) is 0 Å². The number of hydrogen-bond acceptors (Lipinski definition) is 2. The molecule has 1 N–H and O–H groups in total. The molecular weight excluding hydrogens is 377 g/mol. The maximum absolute atomic E-state index is 14.4. The molecule has 0 aliphatic rings. The standard InChI is InChI=1S/C18H16F5N3.C2H6/c1-4-5-12(11(2)19)10-24-13-6-7-14(15(20)8-13)16-9-17(18(21,22)23)25-26(16)3;1-2/h4-9,24H,1-2,10H2,3H3;1-2H3/b12-5-;. The van der Waals surface area contributed by atoms with Gasteiger partial charge in [0.2, 0.25) is 0 Å². The van der Waals surface area contributed by atoms with Crippen LogP contribution in [0.15, 0.2) is 61.0 Å². The Morgan fingerprint density at radius 1 is 1.25 bits per heavy atom. The highest BCUT2D eigenvalue weighted by atomic mass is 19.4. The van der Waals surface area contributed by atoms with E-state index in [2.05, 4.69) is 23.6 Å². The van der Waals surface area contributed by atoms with Crippen molar-refractivity contribution in [1.82, 2.24) is 9.78 Å². The van der Waals surface area contributed by atoms with Crippen LogP contribution in [0.25, 0.3) is 11.3 Å². The van der Waals surface area contributed by atoms with Crippen LogP contribution in [0.4, 0.5) is 27.6 Å². The molecule has 1 aromatic carbocycles. The molecule has 2 rings (SSSR count). The molecule has 0 bridgehead atoms. The van der Waals surface area contributed by atoms with Gasteiger partial charge in [0.05, 0.1) is 5.69 Å². The smallest absolute Gasteiger partial charge is 0.381 e. The molecule has 28 heavy (non-hydrogen) atoms. The van der Waals surface area contributed by atoms with Crippen LogP contribution < -0.4 is 5.32 Å². The molecule has 0 saturated carbocycles. The van der Waals surface area contributed by atoms with Crippen molar-refractivity contribution >= 4 is 5.69 Å². The first-order valence-electron chi connectivity index (χ1n) is 8.45. The fourth-order valence-corrected chi connectivity index (χ4v) is 2.28. The van der Waals surface area contributed by atoms with E-state index in [1.807, 2.05) is 13.8 Å². The predicted molar refractivity (Wildman–Crippen MR) is 102 cm³/mol. The van der Waals surface area contributed by atoms with Gasteiger partial charge in [0.1, 0.15) is 11.6 Å². The van der Waals surface area contributed by atoms with Gasteiger partial charge in [-0.3, -0.25) is 4.68 Å². The zero-order valence-corrected chi connectivity index (χ0v) is 15.9. The lowest BCUT2D eigenvalue weighted by atomic mass is 10.1. The van der Waals surface area contributed by atoms with Crippen LogP contribution in [-0.4, -0.2) is 16.3 Å². The number of aryl methyl sites for hydroxylation is 1. The van der Waals surface area contributed by atoms with Crippen molar-refractivity contribution in [3.8, 4) is 11.3 Å². The van der Waals surface area contributed by atoms with Gasteiger partial charge >= 0.3 is 6.18 Å². The third-order valence-electron chi connectivity index (χ3n) is 3.57. The van der Waals surface area contributed by atoms with E-state index in [-0.39, 0.29) is 23.4 Å². The molecule has 0 spiro atoms. The summed E-state index contributed by atoms with van der Waals surface area (Å²) in [4.78, 5) is 0. The summed E-state index contributed by atoms with van der Waals surface area (Å²) in [6.07, 6.45) is -1.79. The first-order chi connectivity index (χ1) is 13.1. The summed E-state index contributed by atoms with van der Waals surface area (Å²) in [5.41, 5.74) is -0.563. The zero-order valence-electron chi connectivity index (χ0n) is 15.9. The minimum absolute atomic E-state index is 0.00856. The van der Waals surface area contributed by atoms with Crippen LogP contribution in [0.5, 0.6) is 0 Å². The average Bonchev–Trinajstić information content (AvgIpc) is 3.02. The van der Waals surface area contributed by atoms with Crippen LogP contribution in [0.3, 0.4) is 0 Å². The molecule has 0 saturated heterocycles. The first kappa shape index (κ1) is 23.1. The summed E-state index contributed by atoms with van der Waals surface area (Å²) < 4.78 is 66.8. The Morgan fingerprint density at radius 2 is 1.89 bits per heavy atom. The molecule has 1 aromatic heterocycles. The largest absolute Gasteiger partial charge is 0.435 e. The van der Waals surface area contributed by atoms with E-state index >= 15 is 0 Å². The molecule has 0 aliphatic heterocycles. The van der Waals surface area contributed by atoms with Gasteiger partial charge in [-0.25, -0.2) is 8.78 Å². The monoisotopic (exact) mass is 399 g/mol. The Bertz CT molecular complexity index is 863. The number of allylic oxidation sites excluding steroid dienone is 2. The third kappa shape index (κ3) is 5.80. The molecule has 1 heterocycles. The van der Waals surface area contributed by atoms with Crippen molar-refractivity contribution in [3.05, 3.63) is 72.5 Å². The van der Waals surface area contributed by atoms with E-state index in [9.17, 15) is 22.0 Å². The van der Waals surface area contributed by atoms with Crippen molar-refractivity contribution in [2.75, 3.05) is 11.9 Å². The Labute approximate surface area is 160 Å². The van der Waals surface area contributed by atoms with Crippen molar-refractivity contribution in [3.63, 3.8) is 0 Å². The normalized spacial score (nSPS) is 11.5. The Morgan fingerprint density at radius 3 is 2.36 bits per heavy atom. The Kier molecular flexibility index (Phi) is 8.16. The zero-order chi connectivity index (χ0) is 21.5. The summed E-state index contributed by atoms with van der Waals surface area (Å²) in [7, 11) is 1.30. The summed E-state index contributed by atoms with van der Waals surface area (Å²) in [5.74, 6) is -1.39. The average molecular weight is 399 g/mol. The van der Waals surface area contributed by atoms with Crippen molar-refractivity contribution < 1.29 is 22.0 Å². The molecule has 0 fully saturated rings. The van der Waals surface area contributed by atoms with E-state index in [0.717, 1.165) is 16.8 Å². The predicted octanol–water partition coefficient (Wildman–Crippen LogP) is 6.28. The highest BCUT2D eigenvalue weighted by molar-refractivity contribution is 5.64. The van der Waals surface area contributed by atoms with Gasteiger partial charge in [-0.2, -0.15) is 18.3 Å². The second-order valence-corrected chi connectivity index (χ2v) is 5.42. The van der Waals surface area contributed by atoms with E-state index in [0.29, 0.717) is 5.69 Å². The number of aromatic nitrogens is 2. The number of nitrogens with zero attached hydrogens (tertiary/aromatic N) is 2. The number of halogens is 5. The van der Waals surface area contributed by atoms with Gasteiger partial charge < -0.3 is 5.32 Å². The lowest BCUT2D eigenvalue weighted by molar-refractivity contribution is -0.141. The highest BCUT2D eigenvalue weighted by Crippen LogP contribution is 2.32. The molecule has 2 aromatic rings. The van der Waals surface area contributed by atoms with Gasteiger partial charge in [-0.15, -0.1) is 0 Å². The number of benzene rings is 1. The molecule has 0 aliphatic carbocycles. The van der Waals surface area contributed by atoms with E-state index in [1.165, 1.54) is 31.3 Å². The number of anilines is 1. The molecule has 152 valence electrons. The summed E-state index contributed by atoms with van der Waals surface area (Å²) >= 11 is 0. The molecule has 0 radical (unpaired) electrons. The van der Waals surface area contributed by atoms with Crippen molar-refractivity contribution in [1.29, 1.82) is 0 Å². The second kappa shape index (κ2) is 9.87. The fourth-order valence-electron chi connectivity index (χ4n) is 2.28. The topological polar surface area (TPSA) is 29.9 Å². The van der Waals surface area contributed by atoms with Gasteiger partial charge in [0.25, 0.3) is 0 Å². The van der Waals surface area contributed by atoms with Gasteiger partial charge in [0.15, 0.2) is 5.69 Å². The fraction of sp³-hybridized carbons (Fsp3) is 0.250. The SMILES string of the molecule is C=C/C=C(/CNc1ccc(-c2cc(C(F)(F)F)nn2C)c(F)c1)C(=C)F.CC. The van der Waals surface area contributed by atoms with E-state index < -0.39 is 23.5 Å². The molecule has 0 amide bonds. The third-order valence-corrected chi connectivity index (χ3v) is 3.57. The maximum Gasteiger partial charge on any atom is 0.435 e. The van der Waals surface area contributed by atoms with Gasteiger partial charge in [-0.05, 0) is 24.3 Å². The number of rotatable bonds is 6. The summed E-state index contributed by atoms with van der Waals surface area (Å²) in [6.45, 7) is 10.7. The number of nitrogens with one attached hydrogen (secondary N) is 1. The first-order valence-corrected chi connectivity index (χ1v) is 8.45. The Hall–Kier alpha value is -2.90. The molecule has 8 heteroatoms. The van der Waals surface area contributed by atoms with E-state index in [1.54, 1.807) is 0 Å². The Balaban J connectivity index is 0.00000190. The van der Waals surface area contributed by atoms with Crippen LogP contribution in [-0.2, 0) is 13.2 Å². The van der Waals surface area contributed by atoms with Gasteiger partial charge in [0, 0.05) is 30.4 Å². The minimum Gasteiger partial charge on any atom is -0.381 e. The highest BCUT2D eigenvalue weighted by Gasteiger charge is 2.35. The molecule has 0 atom stereocenters. The number of alkyl halides is 3. The molecule has 0 unspecified atom stereocenters. The molecule has 3 nitrogen and oxygen atoms in total. The quantitative estimate of drug-likeness (QED) is 0.458. The van der Waals surface area contributed by atoms with Crippen LogP contribution in [0, 0.1) is 5.82 Å². The van der Waals surface area contributed by atoms with Crippen LogP contribution >= 0.6 is 0 Å². The van der Waals surface area contributed by atoms with Gasteiger partial charge in [-0.1, -0.05) is 39.2 Å². The summed E-state index contributed by atoms with van der Waals surface area (Å²) in [5, 5.41) is 6.18.